The number of rotatable bonds is 4. The number of aryl methyl sites for hydroxylation is 1. The van der Waals surface area contributed by atoms with Crippen LogP contribution in [0, 0.1) is 0 Å². The molecule has 1 aliphatic rings. The van der Waals surface area contributed by atoms with Gasteiger partial charge in [0, 0.05) is 13.1 Å². The van der Waals surface area contributed by atoms with E-state index >= 15 is 0 Å². The standard InChI is InChI=1S/C15H21NO3/c1-3-12-4-6-13(7-5-12)15(2,14(17)18)16-8-10-19-11-9-16/h4-7H,3,8-11H2,1-2H3,(H,17,18). The van der Waals surface area contributed by atoms with Crippen molar-refractivity contribution < 1.29 is 14.6 Å². The molecule has 0 radical (unpaired) electrons. The SMILES string of the molecule is CCc1ccc(C(C)(C(=O)O)N2CCOCC2)cc1. The number of ether oxygens (including phenoxy) is 1. The maximum atomic E-state index is 11.8. The summed E-state index contributed by atoms with van der Waals surface area (Å²) < 4.78 is 5.31. The van der Waals surface area contributed by atoms with E-state index in [2.05, 4.69) is 6.92 Å². The predicted octanol–water partition coefficient (Wildman–Crippen LogP) is 1.88. The molecule has 0 amide bonds. The summed E-state index contributed by atoms with van der Waals surface area (Å²) in [6, 6.07) is 7.89. The first kappa shape index (κ1) is 14.0. The van der Waals surface area contributed by atoms with Crippen molar-refractivity contribution in [1.82, 2.24) is 4.90 Å². The first-order valence-corrected chi connectivity index (χ1v) is 6.74. The Labute approximate surface area is 114 Å². The zero-order valence-corrected chi connectivity index (χ0v) is 11.6. The van der Waals surface area contributed by atoms with Gasteiger partial charge < -0.3 is 9.84 Å². The fourth-order valence-corrected chi connectivity index (χ4v) is 2.52. The summed E-state index contributed by atoms with van der Waals surface area (Å²) in [5.74, 6) is -0.807. The molecule has 1 unspecified atom stereocenters. The van der Waals surface area contributed by atoms with Gasteiger partial charge in [0.2, 0.25) is 0 Å². The topological polar surface area (TPSA) is 49.8 Å². The van der Waals surface area contributed by atoms with E-state index < -0.39 is 11.5 Å². The molecule has 104 valence electrons. The first-order chi connectivity index (χ1) is 9.09. The van der Waals surface area contributed by atoms with E-state index in [1.54, 1.807) is 6.92 Å². The van der Waals surface area contributed by atoms with Crippen LogP contribution in [0.3, 0.4) is 0 Å². The second-order valence-electron chi connectivity index (χ2n) is 5.03. The summed E-state index contributed by atoms with van der Waals surface area (Å²) in [4.78, 5) is 13.8. The van der Waals surface area contributed by atoms with Crippen molar-refractivity contribution in [3.63, 3.8) is 0 Å². The van der Waals surface area contributed by atoms with Crippen LogP contribution in [0.15, 0.2) is 24.3 Å². The number of nitrogens with zero attached hydrogens (tertiary/aromatic N) is 1. The largest absolute Gasteiger partial charge is 0.480 e. The van der Waals surface area contributed by atoms with Gasteiger partial charge in [-0.05, 0) is 24.5 Å². The normalized spacial score (nSPS) is 19.9. The number of morpholine rings is 1. The maximum Gasteiger partial charge on any atom is 0.328 e. The number of benzene rings is 1. The fraction of sp³-hybridized carbons (Fsp3) is 0.533. The van der Waals surface area contributed by atoms with E-state index in [0.717, 1.165) is 12.0 Å². The Morgan fingerprint density at radius 2 is 1.89 bits per heavy atom. The summed E-state index contributed by atoms with van der Waals surface area (Å²) in [5.41, 5.74) is 1.08. The summed E-state index contributed by atoms with van der Waals surface area (Å²) in [6.07, 6.45) is 0.960. The molecule has 0 bridgehead atoms. The molecule has 1 N–H and O–H groups in total. The third kappa shape index (κ3) is 2.65. The van der Waals surface area contributed by atoms with Crippen LogP contribution >= 0.6 is 0 Å². The highest BCUT2D eigenvalue weighted by atomic mass is 16.5. The van der Waals surface area contributed by atoms with Gasteiger partial charge in [-0.3, -0.25) is 4.90 Å². The maximum absolute atomic E-state index is 11.8. The van der Waals surface area contributed by atoms with Gasteiger partial charge in [-0.15, -0.1) is 0 Å². The molecule has 2 rings (SSSR count). The quantitative estimate of drug-likeness (QED) is 0.901. The lowest BCUT2D eigenvalue weighted by atomic mass is 9.89. The van der Waals surface area contributed by atoms with Gasteiger partial charge in [0.05, 0.1) is 13.2 Å². The van der Waals surface area contributed by atoms with Gasteiger partial charge in [-0.2, -0.15) is 0 Å². The van der Waals surface area contributed by atoms with Crippen LogP contribution in [0.4, 0.5) is 0 Å². The molecule has 1 heterocycles. The average Bonchev–Trinajstić information content (AvgIpc) is 2.47. The molecule has 1 aromatic rings. The van der Waals surface area contributed by atoms with Crippen molar-refractivity contribution in [1.29, 1.82) is 0 Å². The molecule has 0 saturated carbocycles. The molecule has 1 aromatic carbocycles. The van der Waals surface area contributed by atoms with E-state index in [0.29, 0.717) is 26.3 Å². The van der Waals surface area contributed by atoms with Crippen LogP contribution in [-0.4, -0.2) is 42.3 Å². The molecular weight excluding hydrogens is 242 g/mol. The van der Waals surface area contributed by atoms with E-state index in [-0.39, 0.29) is 0 Å². The van der Waals surface area contributed by atoms with Gasteiger partial charge >= 0.3 is 5.97 Å². The average molecular weight is 263 g/mol. The number of carboxylic acid groups (broad SMARTS) is 1. The van der Waals surface area contributed by atoms with Crippen LogP contribution in [-0.2, 0) is 21.5 Å². The van der Waals surface area contributed by atoms with Crippen molar-refractivity contribution in [2.24, 2.45) is 0 Å². The molecule has 1 atom stereocenters. The van der Waals surface area contributed by atoms with E-state index in [4.69, 9.17) is 4.74 Å². The molecule has 4 heteroatoms. The minimum atomic E-state index is -0.976. The first-order valence-electron chi connectivity index (χ1n) is 6.74. The molecule has 0 aliphatic carbocycles. The van der Waals surface area contributed by atoms with Crippen molar-refractivity contribution in [2.75, 3.05) is 26.3 Å². The Morgan fingerprint density at radius 1 is 1.32 bits per heavy atom. The number of carbonyl (C=O) groups is 1. The Bertz CT molecular complexity index is 437. The highest BCUT2D eigenvalue weighted by molar-refractivity contribution is 5.80. The van der Waals surface area contributed by atoms with Crippen LogP contribution in [0.1, 0.15) is 25.0 Å². The van der Waals surface area contributed by atoms with Gasteiger partial charge in [0.1, 0.15) is 5.54 Å². The molecule has 0 aromatic heterocycles. The van der Waals surface area contributed by atoms with Crippen molar-refractivity contribution in [3.05, 3.63) is 35.4 Å². The Balaban J connectivity index is 2.33. The molecule has 0 spiro atoms. The highest BCUT2D eigenvalue weighted by Gasteiger charge is 2.41. The minimum absolute atomic E-state index is 0.593. The summed E-state index contributed by atoms with van der Waals surface area (Å²) in [5, 5.41) is 9.68. The van der Waals surface area contributed by atoms with Crippen LogP contribution in [0.5, 0.6) is 0 Å². The van der Waals surface area contributed by atoms with Gasteiger partial charge in [0.15, 0.2) is 0 Å². The predicted molar refractivity (Wildman–Crippen MR) is 73.2 cm³/mol. The third-order valence-electron chi connectivity index (χ3n) is 3.98. The monoisotopic (exact) mass is 263 g/mol. The Morgan fingerprint density at radius 3 is 2.37 bits per heavy atom. The molecule has 4 nitrogen and oxygen atoms in total. The lowest BCUT2D eigenvalue weighted by molar-refractivity contribution is -0.154. The van der Waals surface area contributed by atoms with Crippen molar-refractivity contribution in [3.8, 4) is 0 Å². The van der Waals surface area contributed by atoms with E-state index in [1.807, 2.05) is 29.2 Å². The molecule has 1 saturated heterocycles. The van der Waals surface area contributed by atoms with Gasteiger partial charge in [0.25, 0.3) is 0 Å². The highest BCUT2D eigenvalue weighted by Crippen LogP contribution is 2.29. The summed E-state index contributed by atoms with van der Waals surface area (Å²) in [6.45, 7) is 6.36. The Hall–Kier alpha value is -1.39. The second kappa shape index (κ2) is 5.72. The van der Waals surface area contributed by atoms with Gasteiger partial charge in [-0.25, -0.2) is 4.79 Å². The molecular formula is C15H21NO3. The number of aliphatic carboxylic acids is 1. The minimum Gasteiger partial charge on any atom is -0.480 e. The number of carboxylic acids is 1. The summed E-state index contributed by atoms with van der Waals surface area (Å²) >= 11 is 0. The number of hydrogen-bond donors (Lipinski definition) is 1. The Kier molecular flexibility index (Phi) is 4.22. The van der Waals surface area contributed by atoms with Gasteiger partial charge in [-0.1, -0.05) is 31.2 Å². The molecule has 1 fully saturated rings. The van der Waals surface area contributed by atoms with E-state index in [1.165, 1.54) is 5.56 Å². The lowest BCUT2D eigenvalue weighted by Gasteiger charge is -2.40. The zero-order chi connectivity index (χ0) is 13.9. The molecule has 1 aliphatic heterocycles. The van der Waals surface area contributed by atoms with Crippen molar-refractivity contribution in [2.45, 2.75) is 25.8 Å². The van der Waals surface area contributed by atoms with Crippen LogP contribution in [0.25, 0.3) is 0 Å². The fourth-order valence-electron chi connectivity index (χ4n) is 2.52. The van der Waals surface area contributed by atoms with Crippen LogP contribution < -0.4 is 0 Å². The second-order valence-corrected chi connectivity index (χ2v) is 5.03. The summed E-state index contributed by atoms with van der Waals surface area (Å²) in [7, 11) is 0. The van der Waals surface area contributed by atoms with E-state index in [9.17, 15) is 9.90 Å². The zero-order valence-electron chi connectivity index (χ0n) is 11.6. The third-order valence-corrected chi connectivity index (χ3v) is 3.98. The van der Waals surface area contributed by atoms with Crippen LogP contribution in [0.2, 0.25) is 0 Å². The lowest BCUT2D eigenvalue weighted by Crippen LogP contribution is -2.54. The number of hydrogen-bond acceptors (Lipinski definition) is 3. The molecule has 19 heavy (non-hydrogen) atoms. The van der Waals surface area contributed by atoms with Crippen molar-refractivity contribution >= 4 is 5.97 Å². The smallest absolute Gasteiger partial charge is 0.328 e.